The minimum Gasteiger partial charge on any atom is -0.307 e. The quantitative estimate of drug-likeness (QED) is 0.480. The molecule has 0 radical (unpaired) electrons. The van der Waals surface area contributed by atoms with Crippen molar-refractivity contribution in [1.29, 1.82) is 0 Å². The van der Waals surface area contributed by atoms with Gasteiger partial charge < -0.3 is 5.32 Å². The topological polar surface area (TPSA) is 72.7 Å². The van der Waals surface area contributed by atoms with Crippen LogP contribution in [0.4, 0.5) is 27.8 Å². The summed E-state index contributed by atoms with van der Waals surface area (Å²) in [5.41, 5.74) is -0.732. The predicted molar refractivity (Wildman–Crippen MR) is 101 cm³/mol. The van der Waals surface area contributed by atoms with Crippen LogP contribution in [0.5, 0.6) is 0 Å². The molecular formula is C20H12F5N5O. The number of carbonyl (C=O) groups is 1. The average Bonchev–Trinajstić information content (AvgIpc) is 3.08. The predicted octanol–water partition coefficient (Wildman–Crippen LogP) is 4.58. The highest BCUT2D eigenvalue weighted by atomic mass is 19.4. The van der Waals surface area contributed by atoms with Crippen LogP contribution >= 0.6 is 0 Å². The van der Waals surface area contributed by atoms with Crippen molar-refractivity contribution in [2.75, 3.05) is 5.32 Å². The van der Waals surface area contributed by atoms with Crippen molar-refractivity contribution in [3.8, 4) is 11.1 Å². The van der Waals surface area contributed by atoms with E-state index < -0.39 is 29.4 Å². The largest absolute Gasteiger partial charge is 0.435 e. The Balaban J connectivity index is 1.63. The summed E-state index contributed by atoms with van der Waals surface area (Å²) in [5.74, 6) is -2.49. The number of amides is 1. The van der Waals surface area contributed by atoms with Gasteiger partial charge in [0.25, 0.3) is 5.91 Å². The number of pyridine rings is 2. The van der Waals surface area contributed by atoms with Gasteiger partial charge in [0.1, 0.15) is 5.82 Å². The lowest BCUT2D eigenvalue weighted by molar-refractivity contribution is -0.141. The van der Waals surface area contributed by atoms with Crippen molar-refractivity contribution >= 4 is 22.6 Å². The average molecular weight is 433 g/mol. The van der Waals surface area contributed by atoms with Crippen molar-refractivity contribution in [3.05, 3.63) is 71.8 Å². The van der Waals surface area contributed by atoms with Crippen molar-refractivity contribution in [2.45, 2.75) is 6.18 Å². The number of nitrogens with one attached hydrogen (secondary N) is 1. The number of nitrogens with zero attached hydrogens (tertiary/aromatic N) is 4. The Kier molecular flexibility index (Phi) is 4.88. The van der Waals surface area contributed by atoms with Crippen LogP contribution in [-0.2, 0) is 13.2 Å². The van der Waals surface area contributed by atoms with Gasteiger partial charge in [0.15, 0.2) is 17.3 Å². The standard InChI is InChI=1S/C20H12F5N5O/c1-30-17(6-16(29-30)20(23,24)25)28-19(31)11-3-2-10-4-12(7-27-15(10)5-11)18-13(21)8-26-9-14(18)22/h2-9H,1H3,(H,28,31). The summed E-state index contributed by atoms with van der Waals surface area (Å²) in [6.07, 6.45) is -1.61. The number of aromatic nitrogens is 4. The van der Waals surface area contributed by atoms with Crippen LogP contribution in [0.25, 0.3) is 22.0 Å². The highest BCUT2D eigenvalue weighted by Gasteiger charge is 2.34. The summed E-state index contributed by atoms with van der Waals surface area (Å²) in [6.45, 7) is 0. The zero-order valence-corrected chi connectivity index (χ0v) is 15.7. The summed E-state index contributed by atoms with van der Waals surface area (Å²) in [7, 11) is 1.27. The molecule has 0 aliphatic rings. The van der Waals surface area contributed by atoms with Crippen LogP contribution in [0.15, 0.2) is 48.9 Å². The summed E-state index contributed by atoms with van der Waals surface area (Å²) in [4.78, 5) is 20.1. The molecule has 0 saturated heterocycles. The molecule has 4 rings (SSSR count). The zero-order chi connectivity index (χ0) is 22.3. The Labute approximate surface area is 171 Å². The molecule has 0 aliphatic carbocycles. The Hall–Kier alpha value is -3.89. The summed E-state index contributed by atoms with van der Waals surface area (Å²) >= 11 is 0. The first-order valence-electron chi connectivity index (χ1n) is 8.75. The first kappa shape index (κ1) is 20.4. The Bertz CT molecular complexity index is 1300. The van der Waals surface area contributed by atoms with E-state index in [4.69, 9.17) is 0 Å². The number of halogens is 5. The lowest BCUT2D eigenvalue weighted by atomic mass is 10.0. The lowest BCUT2D eigenvalue weighted by Gasteiger charge is -2.08. The number of aryl methyl sites for hydroxylation is 1. The van der Waals surface area contributed by atoms with Crippen molar-refractivity contribution in [2.24, 2.45) is 7.05 Å². The molecule has 4 aromatic rings. The molecule has 3 aromatic heterocycles. The molecule has 0 spiro atoms. The molecule has 1 aromatic carbocycles. The van der Waals surface area contributed by atoms with E-state index in [0.29, 0.717) is 10.9 Å². The van der Waals surface area contributed by atoms with Crippen molar-refractivity contribution in [1.82, 2.24) is 19.7 Å². The number of hydrogen-bond acceptors (Lipinski definition) is 4. The molecule has 31 heavy (non-hydrogen) atoms. The van der Waals surface area contributed by atoms with Gasteiger partial charge in [-0.1, -0.05) is 6.07 Å². The molecule has 158 valence electrons. The normalized spacial score (nSPS) is 11.7. The molecular weight excluding hydrogens is 421 g/mol. The lowest BCUT2D eigenvalue weighted by Crippen LogP contribution is -2.14. The van der Waals surface area contributed by atoms with E-state index in [1.165, 1.54) is 37.5 Å². The number of fused-ring (bicyclic) bond motifs is 1. The van der Waals surface area contributed by atoms with Gasteiger partial charge in [0.05, 0.1) is 23.5 Å². The van der Waals surface area contributed by atoms with Gasteiger partial charge in [-0.3, -0.25) is 19.4 Å². The minimum absolute atomic E-state index is 0.129. The number of hydrogen-bond donors (Lipinski definition) is 1. The third-order valence-electron chi connectivity index (χ3n) is 4.50. The molecule has 6 nitrogen and oxygen atoms in total. The van der Waals surface area contributed by atoms with E-state index in [0.717, 1.165) is 23.1 Å². The number of carbonyl (C=O) groups excluding carboxylic acids is 1. The molecule has 1 N–H and O–H groups in total. The Morgan fingerprint density at radius 2 is 1.74 bits per heavy atom. The van der Waals surface area contributed by atoms with E-state index >= 15 is 0 Å². The summed E-state index contributed by atoms with van der Waals surface area (Å²) < 4.78 is 67.2. The number of rotatable bonds is 3. The molecule has 0 atom stereocenters. The second kappa shape index (κ2) is 7.42. The maximum atomic E-state index is 14.0. The van der Waals surface area contributed by atoms with E-state index in [1.807, 2.05) is 0 Å². The fraction of sp³-hybridized carbons (Fsp3) is 0.100. The fourth-order valence-corrected chi connectivity index (χ4v) is 3.00. The highest BCUT2D eigenvalue weighted by molar-refractivity contribution is 6.05. The maximum Gasteiger partial charge on any atom is 0.435 e. The van der Waals surface area contributed by atoms with Gasteiger partial charge in [-0.15, -0.1) is 0 Å². The first-order valence-corrected chi connectivity index (χ1v) is 8.75. The van der Waals surface area contributed by atoms with Crippen LogP contribution in [-0.4, -0.2) is 25.7 Å². The van der Waals surface area contributed by atoms with Crippen LogP contribution in [0.1, 0.15) is 16.1 Å². The summed E-state index contributed by atoms with van der Waals surface area (Å²) in [6, 6.07) is 6.57. The number of benzene rings is 1. The Morgan fingerprint density at radius 3 is 2.39 bits per heavy atom. The van der Waals surface area contributed by atoms with E-state index in [2.05, 4.69) is 20.4 Å². The molecule has 11 heteroatoms. The van der Waals surface area contributed by atoms with E-state index in [-0.39, 0.29) is 22.5 Å². The monoisotopic (exact) mass is 433 g/mol. The molecule has 0 saturated carbocycles. The molecule has 0 aliphatic heterocycles. The number of anilines is 1. The van der Waals surface area contributed by atoms with Gasteiger partial charge in [0, 0.05) is 35.8 Å². The van der Waals surface area contributed by atoms with Gasteiger partial charge >= 0.3 is 6.18 Å². The molecule has 0 bridgehead atoms. The van der Waals surface area contributed by atoms with Crippen LogP contribution in [0.2, 0.25) is 0 Å². The van der Waals surface area contributed by atoms with E-state index in [1.54, 1.807) is 0 Å². The fourth-order valence-electron chi connectivity index (χ4n) is 3.00. The van der Waals surface area contributed by atoms with Gasteiger partial charge in [-0.2, -0.15) is 18.3 Å². The van der Waals surface area contributed by atoms with Crippen molar-refractivity contribution in [3.63, 3.8) is 0 Å². The van der Waals surface area contributed by atoms with Gasteiger partial charge in [-0.25, -0.2) is 8.78 Å². The second-order valence-electron chi connectivity index (χ2n) is 6.60. The second-order valence-corrected chi connectivity index (χ2v) is 6.60. The van der Waals surface area contributed by atoms with Crippen LogP contribution in [0, 0.1) is 11.6 Å². The highest BCUT2D eigenvalue weighted by Crippen LogP contribution is 2.30. The molecule has 1 amide bonds. The summed E-state index contributed by atoms with van der Waals surface area (Å²) in [5, 5.41) is 6.20. The van der Waals surface area contributed by atoms with Crippen molar-refractivity contribution < 1.29 is 26.7 Å². The smallest absolute Gasteiger partial charge is 0.307 e. The van der Waals surface area contributed by atoms with Crippen LogP contribution in [0.3, 0.4) is 0 Å². The van der Waals surface area contributed by atoms with Gasteiger partial charge in [-0.05, 0) is 18.2 Å². The SMILES string of the molecule is Cn1nc(C(F)(F)F)cc1NC(=O)c1ccc2cc(-c3c(F)cncc3F)cnc2c1. The zero-order valence-electron chi connectivity index (χ0n) is 15.7. The maximum absolute atomic E-state index is 14.0. The molecule has 0 unspecified atom stereocenters. The minimum atomic E-state index is -4.64. The third kappa shape index (κ3) is 3.93. The molecule has 3 heterocycles. The van der Waals surface area contributed by atoms with E-state index in [9.17, 15) is 26.7 Å². The first-order chi connectivity index (χ1) is 14.6. The Morgan fingerprint density at radius 1 is 1.03 bits per heavy atom. The molecule has 0 fully saturated rings. The number of alkyl halides is 3. The third-order valence-corrected chi connectivity index (χ3v) is 4.50. The van der Waals surface area contributed by atoms with Gasteiger partial charge in [0.2, 0.25) is 0 Å². The van der Waals surface area contributed by atoms with Crippen LogP contribution < -0.4 is 5.32 Å².